The summed E-state index contributed by atoms with van der Waals surface area (Å²) < 4.78 is 0. The third-order valence-corrected chi connectivity index (χ3v) is 5.19. The first-order chi connectivity index (χ1) is 13.7. The first kappa shape index (κ1) is 18.2. The van der Waals surface area contributed by atoms with Crippen LogP contribution in [0.1, 0.15) is 34.1 Å². The summed E-state index contributed by atoms with van der Waals surface area (Å²) in [7, 11) is 0. The number of anilines is 2. The molecule has 0 spiro atoms. The summed E-state index contributed by atoms with van der Waals surface area (Å²) in [6.07, 6.45) is 0.879. The van der Waals surface area contributed by atoms with E-state index in [4.69, 9.17) is 0 Å². The number of rotatable bonds is 4. The average molecular weight is 372 g/mol. The fraction of sp³-hybridized carbons (Fsp3) is 0.261. The number of nitrogens with zero attached hydrogens (tertiary/aromatic N) is 4. The van der Waals surface area contributed by atoms with Gasteiger partial charge in [0, 0.05) is 25.3 Å². The van der Waals surface area contributed by atoms with Gasteiger partial charge in [-0.15, -0.1) is 10.2 Å². The maximum atomic E-state index is 12.9. The van der Waals surface area contributed by atoms with Gasteiger partial charge in [-0.2, -0.15) is 0 Å². The van der Waals surface area contributed by atoms with Crippen LogP contribution >= 0.6 is 0 Å². The highest BCUT2D eigenvalue weighted by molar-refractivity contribution is 5.92. The summed E-state index contributed by atoms with van der Waals surface area (Å²) in [5.41, 5.74) is 5.20. The van der Waals surface area contributed by atoms with Crippen LogP contribution in [0.25, 0.3) is 0 Å². The van der Waals surface area contributed by atoms with Crippen LogP contribution in [0, 0.1) is 6.92 Å². The third kappa shape index (κ3) is 3.60. The SMILES string of the molecule is CCN(c1cccc(C)c1)c1ccc(C(=O)N2CCc3ccccc3C2)nn1. The smallest absolute Gasteiger partial charge is 0.274 e. The summed E-state index contributed by atoms with van der Waals surface area (Å²) >= 11 is 0. The molecule has 1 aliphatic rings. The summed E-state index contributed by atoms with van der Waals surface area (Å²) in [6.45, 7) is 6.26. The summed E-state index contributed by atoms with van der Waals surface area (Å²) in [5.74, 6) is 0.681. The molecule has 0 fully saturated rings. The lowest BCUT2D eigenvalue weighted by molar-refractivity contribution is 0.0727. The fourth-order valence-corrected chi connectivity index (χ4v) is 3.69. The van der Waals surface area contributed by atoms with Gasteiger partial charge in [0.25, 0.3) is 5.91 Å². The van der Waals surface area contributed by atoms with Crippen LogP contribution in [0.4, 0.5) is 11.5 Å². The van der Waals surface area contributed by atoms with Crippen LogP contribution in [-0.2, 0) is 13.0 Å². The van der Waals surface area contributed by atoms with Crippen LogP contribution in [0.5, 0.6) is 0 Å². The van der Waals surface area contributed by atoms with Crippen molar-refractivity contribution in [3.8, 4) is 0 Å². The van der Waals surface area contributed by atoms with Crippen molar-refractivity contribution >= 4 is 17.4 Å². The van der Waals surface area contributed by atoms with Gasteiger partial charge in [-0.1, -0.05) is 36.4 Å². The van der Waals surface area contributed by atoms with Gasteiger partial charge in [-0.3, -0.25) is 4.79 Å². The van der Waals surface area contributed by atoms with Crippen molar-refractivity contribution in [3.63, 3.8) is 0 Å². The van der Waals surface area contributed by atoms with Crippen LogP contribution in [0.15, 0.2) is 60.7 Å². The van der Waals surface area contributed by atoms with Crippen molar-refractivity contribution < 1.29 is 4.79 Å². The fourth-order valence-electron chi connectivity index (χ4n) is 3.69. The topological polar surface area (TPSA) is 49.3 Å². The minimum atomic E-state index is -0.0628. The highest BCUT2D eigenvalue weighted by Gasteiger charge is 2.23. The Kier molecular flexibility index (Phi) is 5.06. The molecule has 0 saturated carbocycles. The molecular weight excluding hydrogens is 348 g/mol. The Labute approximate surface area is 165 Å². The molecule has 0 N–H and O–H groups in total. The van der Waals surface area contributed by atoms with E-state index in [1.165, 1.54) is 16.7 Å². The van der Waals surface area contributed by atoms with E-state index in [1.807, 2.05) is 29.2 Å². The second-order valence-corrected chi connectivity index (χ2v) is 7.11. The standard InChI is InChI=1S/C23H24N4O/c1-3-27(20-10-6-7-17(2)15-20)22-12-11-21(24-25-22)23(28)26-14-13-18-8-4-5-9-19(18)16-26/h4-12,15H,3,13-14,16H2,1-2H3. The zero-order valence-corrected chi connectivity index (χ0v) is 16.3. The largest absolute Gasteiger partial charge is 0.333 e. The molecule has 4 rings (SSSR count). The Morgan fingerprint density at radius 1 is 1.04 bits per heavy atom. The maximum Gasteiger partial charge on any atom is 0.274 e. The van der Waals surface area contributed by atoms with Gasteiger partial charge >= 0.3 is 0 Å². The number of hydrogen-bond donors (Lipinski definition) is 0. The van der Waals surface area contributed by atoms with Gasteiger partial charge < -0.3 is 9.80 Å². The van der Waals surface area contributed by atoms with E-state index in [-0.39, 0.29) is 5.91 Å². The summed E-state index contributed by atoms with van der Waals surface area (Å²) in [4.78, 5) is 16.8. The van der Waals surface area contributed by atoms with Crippen molar-refractivity contribution in [2.24, 2.45) is 0 Å². The van der Waals surface area contributed by atoms with Gasteiger partial charge in [0.1, 0.15) is 0 Å². The molecule has 5 heteroatoms. The molecule has 5 nitrogen and oxygen atoms in total. The molecule has 28 heavy (non-hydrogen) atoms. The van der Waals surface area contributed by atoms with Crippen molar-refractivity contribution in [3.05, 3.63) is 83.0 Å². The Morgan fingerprint density at radius 2 is 1.86 bits per heavy atom. The third-order valence-electron chi connectivity index (χ3n) is 5.19. The second-order valence-electron chi connectivity index (χ2n) is 7.11. The van der Waals surface area contributed by atoms with Gasteiger partial charge in [0.05, 0.1) is 0 Å². The summed E-state index contributed by atoms with van der Waals surface area (Å²) in [6, 6.07) is 20.2. The van der Waals surface area contributed by atoms with E-state index < -0.39 is 0 Å². The lowest BCUT2D eigenvalue weighted by atomic mass is 10.00. The van der Waals surface area contributed by atoms with Crippen LogP contribution < -0.4 is 4.90 Å². The number of carbonyl (C=O) groups is 1. The zero-order valence-electron chi connectivity index (χ0n) is 16.3. The first-order valence-corrected chi connectivity index (χ1v) is 9.69. The van der Waals surface area contributed by atoms with Gasteiger partial charge in [-0.05, 0) is 61.2 Å². The Hall–Kier alpha value is -3.21. The van der Waals surface area contributed by atoms with Crippen LogP contribution in [0.3, 0.4) is 0 Å². The lowest BCUT2D eigenvalue weighted by Gasteiger charge is -2.28. The number of carbonyl (C=O) groups excluding carboxylic acids is 1. The van der Waals surface area contributed by atoms with Crippen LogP contribution in [0.2, 0.25) is 0 Å². The molecule has 0 radical (unpaired) electrons. The monoisotopic (exact) mass is 372 g/mol. The highest BCUT2D eigenvalue weighted by atomic mass is 16.2. The average Bonchev–Trinajstić information content (AvgIpc) is 2.74. The molecule has 0 unspecified atom stereocenters. The molecule has 0 bridgehead atoms. The molecule has 142 valence electrons. The predicted molar refractivity (Wildman–Crippen MR) is 111 cm³/mol. The van der Waals surface area contributed by atoms with E-state index in [0.717, 1.165) is 24.5 Å². The molecule has 1 amide bonds. The van der Waals surface area contributed by atoms with Gasteiger partial charge in [0.15, 0.2) is 11.5 Å². The van der Waals surface area contributed by atoms with E-state index in [1.54, 1.807) is 6.07 Å². The quantitative estimate of drug-likeness (QED) is 0.691. The van der Waals surface area contributed by atoms with E-state index in [2.05, 4.69) is 59.3 Å². The van der Waals surface area contributed by atoms with Crippen molar-refractivity contribution in [2.45, 2.75) is 26.8 Å². The number of aryl methyl sites for hydroxylation is 1. The van der Waals surface area contributed by atoms with Crippen LogP contribution in [-0.4, -0.2) is 34.1 Å². The Balaban J connectivity index is 1.52. The number of fused-ring (bicyclic) bond motifs is 1. The molecular formula is C23H24N4O. The molecule has 0 aliphatic carbocycles. The molecule has 0 saturated heterocycles. The predicted octanol–water partition coefficient (Wildman–Crippen LogP) is 4.14. The van der Waals surface area contributed by atoms with E-state index >= 15 is 0 Å². The van der Waals surface area contributed by atoms with Crippen molar-refractivity contribution in [1.82, 2.24) is 15.1 Å². The van der Waals surface area contributed by atoms with Crippen molar-refractivity contribution in [1.29, 1.82) is 0 Å². The number of amides is 1. The van der Waals surface area contributed by atoms with Gasteiger partial charge in [-0.25, -0.2) is 0 Å². The molecule has 2 heterocycles. The summed E-state index contributed by atoms with van der Waals surface area (Å²) in [5, 5.41) is 8.59. The van der Waals surface area contributed by atoms with Crippen molar-refractivity contribution in [2.75, 3.05) is 18.0 Å². The molecule has 1 aromatic heterocycles. The second kappa shape index (κ2) is 7.80. The maximum absolute atomic E-state index is 12.9. The number of benzene rings is 2. The molecule has 1 aliphatic heterocycles. The van der Waals surface area contributed by atoms with E-state index in [0.29, 0.717) is 18.8 Å². The Morgan fingerprint density at radius 3 is 2.57 bits per heavy atom. The minimum Gasteiger partial charge on any atom is -0.333 e. The minimum absolute atomic E-state index is 0.0628. The number of aromatic nitrogens is 2. The molecule has 3 aromatic rings. The lowest BCUT2D eigenvalue weighted by Crippen LogP contribution is -2.36. The zero-order chi connectivity index (χ0) is 19.5. The molecule has 2 aromatic carbocycles. The van der Waals surface area contributed by atoms with E-state index in [9.17, 15) is 4.79 Å². The first-order valence-electron chi connectivity index (χ1n) is 9.69. The number of hydrogen-bond acceptors (Lipinski definition) is 4. The van der Waals surface area contributed by atoms with Gasteiger partial charge in [0.2, 0.25) is 0 Å². The normalized spacial score (nSPS) is 13.1. The molecule has 0 atom stereocenters. The Bertz CT molecular complexity index is 984. The highest BCUT2D eigenvalue weighted by Crippen LogP contribution is 2.24.